The van der Waals surface area contributed by atoms with Crippen molar-refractivity contribution in [2.75, 3.05) is 52.5 Å². The Kier molecular flexibility index (Phi) is 19.9. The first-order valence-corrected chi connectivity index (χ1v) is 4.55. The molecule has 1 saturated heterocycles. The van der Waals surface area contributed by atoms with Crippen LogP contribution in [-0.2, 0) is 4.74 Å². The summed E-state index contributed by atoms with van der Waals surface area (Å²) >= 11 is 0. The number of nitrogens with zero attached hydrogens (tertiary/aromatic N) is 1. The van der Waals surface area contributed by atoms with Crippen molar-refractivity contribution in [3.05, 3.63) is 0 Å². The van der Waals surface area contributed by atoms with Crippen molar-refractivity contribution in [3.8, 4) is 0 Å². The molecule has 15 heavy (non-hydrogen) atoms. The Bertz CT molecular complexity index is 116. The number of ether oxygens (including phenoxy) is 1. The van der Waals surface area contributed by atoms with Gasteiger partial charge in [-0.25, -0.2) is 0 Å². The van der Waals surface area contributed by atoms with Crippen molar-refractivity contribution in [2.45, 2.75) is 0 Å². The molecular formula is C8H22Cl2N2O3. The Balaban J connectivity index is -0.000000480. The SMILES string of the molecule is Cl.Cl.O.OCCOCCN1CCNCC1. The van der Waals surface area contributed by atoms with Crippen LogP contribution < -0.4 is 5.32 Å². The second-order valence-electron chi connectivity index (χ2n) is 2.93. The minimum Gasteiger partial charge on any atom is -0.412 e. The number of rotatable bonds is 5. The summed E-state index contributed by atoms with van der Waals surface area (Å²) in [6.45, 7) is 6.71. The fourth-order valence-corrected chi connectivity index (χ4v) is 1.30. The minimum absolute atomic E-state index is 0. The third-order valence-corrected chi connectivity index (χ3v) is 2.00. The first kappa shape index (κ1) is 20.8. The van der Waals surface area contributed by atoms with Gasteiger partial charge < -0.3 is 20.6 Å². The van der Waals surface area contributed by atoms with E-state index in [1.165, 1.54) is 0 Å². The third kappa shape index (κ3) is 10.7. The summed E-state index contributed by atoms with van der Waals surface area (Å²) < 4.78 is 5.17. The maximum Gasteiger partial charge on any atom is 0.0698 e. The molecule has 1 aliphatic heterocycles. The fourth-order valence-electron chi connectivity index (χ4n) is 1.30. The van der Waals surface area contributed by atoms with E-state index in [0.29, 0.717) is 6.61 Å². The molecule has 4 N–H and O–H groups in total. The molecule has 0 aromatic heterocycles. The summed E-state index contributed by atoms with van der Waals surface area (Å²) in [5.74, 6) is 0. The summed E-state index contributed by atoms with van der Waals surface area (Å²) in [7, 11) is 0. The number of hydrogen-bond acceptors (Lipinski definition) is 4. The van der Waals surface area contributed by atoms with Crippen molar-refractivity contribution >= 4 is 24.8 Å². The summed E-state index contributed by atoms with van der Waals surface area (Å²) in [5.41, 5.74) is 0. The van der Waals surface area contributed by atoms with Crippen molar-refractivity contribution in [2.24, 2.45) is 0 Å². The summed E-state index contributed by atoms with van der Waals surface area (Å²) in [4.78, 5) is 2.37. The number of nitrogens with one attached hydrogen (secondary N) is 1. The fraction of sp³-hybridized carbons (Fsp3) is 1.00. The van der Waals surface area contributed by atoms with E-state index in [1.54, 1.807) is 0 Å². The van der Waals surface area contributed by atoms with Gasteiger partial charge in [0.25, 0.3) is 0 Å². The van der Waals surface area contributed by atoms with E-state index in [0.717, 1.165) is 39.3 Å². The van der Waals surface area contributed by atoms with Gasteiger partial charge in [0.15, 0.2) is 0 Å². The van der Waals surface area contributed by atoms with E-state index in [9.17, 15) is 0 Å². The smallest absolute Gasteiger partial charge is 0.0698 e. The number of aliphatic hydroxyl groups is 1. The van der Waals surface area contributed by atoms with Gasteiger partial charge in [0.2, 0.25) is 0 Å². The zero-order chi connectivity index (χ0) is 8.65. The Morgan fingerprint density at radius 1 is 1.13 bits per heavy atom. The minimum atomic E-state index is 0. The summed E-state index contributed by atoms with van der Waals surface area (Å²) in [5, 5.41) is 11.7. The van der Waals surface area contributed by atoms with Crippen LogP contribution in [0.4, 0.5) is 0 Å². The number of halogens is 2. The average molecular weight is 265 g/mol. The van der Waals surface area contributed by atoms with Gasteiger partial charge in [0, 0.05) is 32.7 Å². The van der Waals surface area contributed by atoms with E-state index in [2.05, 4.69) is 10.2 Å². The van der Waals surface area contributed by atoms with Gasteiger partial charge in [-0.3, -0.25) is 4.90 Å². The normalized spacial score (nSPS) is 15.8. The predicted octanol–water partition coefficient (Wildman–Crippen LogP) is -1.08. The zero-order valence-corrected chi connectivity index (χ0v) is 10.4. The summed E-state index contributed by atoms with van der Waals surface area (Å²) in [6, 6.07) is 0. The lowest BCUT2D eigenvalue weighted by atomic mass is 10.4. The molecule has 0 aromatic rings. The lowest BCUT2D eigenvalue weighted by molar-refractivity contribution is 0.0710. The van der Waals surface area contributed by atoms with Gasteiger partial charge in [-0.15, -0.1) is 24.8 Å². The van der Waals surface area contributed by atoms with Crippen molar-refractivity contribution in [1.82, 2.24) is 10.2 Å². The van der Waals surface area contributed by atoms with Crippen LogP contribution in [0.25, 0.3) is 0 Å². The zero-order valence-electron chi connectivity index (χ0n) is 8.78. The second kappa shape index (κ2) is 14.4. The Morgan fingerprint density at radius 3 is 2.27 bits per heavy atom. The van der Waals surface area contributed by atoms with Gasteiger partial charge in [-0.1, -0.05) is 0 Å². The van der Waals surface area contributed by atoms with Crippen molar-refractivity contribution in [3.63, 3.8) is 0 Å². The molecular weight excluding hydrogens is 243 g/mol. The third-order valence-electron chi connectivity index (χ3n) is 2.00. The van der Waals surface area contributed by atoms with E-state index in [1.807, 2.05) is 0 Å². The van der Waals surface area contributed by atoms with Crippen LogP contribution in [0, 0.1) is 0 Å². The maximum atomic E-state index is 8.45. The van der Waals surface area contributed by atoms with Crippen LogP contribution in [0.15, 0.2) is 0 Å². The molecule has 5 nitrogen and oxygen atoms in total. The quantitative estimate of drug-likeness (QED) is 0.620. The molecule has 0 spiro atoms. The molecule has 7 heteroatoms. The molecule has 0 bridgehead atoms. The number of aliphatic hydroxyl groups excluding tert-OH is 1. The molecule has 1 fully saturated rings. The standard InChI is InChI=1S/C8H18N2O2.2ClH.H2O/c11-6-8-12-7-5-10-3-1-9-2-4-10;;;/h9,11H,1-8H2;2*1H;1H2. The van der Waals surface area contributed by atoms with E-state index in [-0.39, 0.29) is 36.9 Å². The molecule has 1 heterocycles. The highest BCUT2D eigenvalue weighted by molar-refractivity contribution is 5.85. The number of hydrogen-bond donors (Lipinski definition) is 2. The molecule has 96 valence electrons. The largest absolute Gasteiger partial charge is 0.412 e. The molecule has 0 aromatic carbocycles. The topological polar surface area (TPSA) is 76.2 Å². The van der Waals surface area contributed by atoms with Crippen LogP contribution in [0.2, 0.25) is 0 Å². The molecule has 1 rings (SSSR count). The van der Waals surface area contributed by atoms with Gasteiger partial charge in [-0.2, -0.15) is 0 Å². The Hall–Kier alpha value is 0.380. The number of piperazine rings is 1. The molecule has 0 unspecified atom stereocenters. The molecule has 1 aliphatic rings. The highest BCUT2D eigenvalue weighted by atomic mass is 35.5. The van der Waals surface area contributed by atoms with Crippen LogP contribution in [0.3, 0.4) is 0 Å². The van der Waals surface area contributed by atoms with Crippen LogP contribution in [0.5, 0.6) is 0 Å². The predicted molar refractivity (Wildman–Crippen MR) is 65.3 cm³/mol. The van der Waals surface area contributed by atoms with Gasteiger partial charge in [-0.05, 0) is 0 Å². The van der Waals surface area contributed by atoms with E-state index < -0.39 is 0 Å². The van der Waals surface area contributed by atoms with Crippen LogP contribution in [-0.4, -0.2) is 68.0 Å². The van der Waals surface area contributed by atoms with Crippen molar-refractivity contribution < 1.29 is 15.3 Å². The lowest BCUT2D eigenvalue weighted by Crippen LogP contribution is -2.44. The monoisotopic (exact) mass is 264 g/mol. The molecule has 0 aliphatic carbocycles. The van der Waals surface area contributed by atoms with Gasteiger partial charge >= 0.3 is 0 Å². The first-order chi connectivity index (χ1) is 5.93. The Morgan fingerprint density at radius 2 is 1.73 bits per heavy atom. The second-order valence-corrected chi connectivity index (χ2v) is 2.93. The Labute approximate surface area is 103 Å². The molecule has 0 amide bonds. The first-order valence-electron chi connectivity index (χ1n) is 4.55. The maximum absolute atomic E-state index is 8.45. The van der Waals surface area contributed by atoms with Gasteiger partial charge in [0.1, 0.15) is 0 Å². The molecule has 0 radical (unpaired) electrons. The van der Waals surface area contributed by atoms with E-state index in [4.69, 9.17) is 9.84 Å². The van der Waals surface area contributed by atoms with Crippen LogP contribution >= 0.6 is 24.8 Å². The highest BCUT2D eigenvalue weighted by Crippen LogP contribution is 1.91. The van der Waals surface area contributed by atoms with Crippen LogP contribution in [0.1, 0.15) is 0 Å². The van der Waals surface area contributed by atoms with Crippen molar-refractivity contribution in [1.29, 1.82) is 0 Å². The summed E-state index contributed by atoms with van der Waals surface area (Å²) in [6.07, 6.45) is 0. The average Bonchev–Trinajstić information content (AvgIpc) is 2.14. The van der Waals surface area contributed by atoms with E-state index >= 15 is 0 Å². The molecule has 0 atom stereocenters. The highest BCUT2D eigenvalue weighted by Gasteiger charge is 2.07. The molecule has 0 saturated carbocycles. The van der Waals surface area contributed by atoms with Gasteiger partial charge in [0.05, 0.1) is 19.8 Å². The lowest BCUT2D eigenvalue weighted by Gasteiger charge is -2.26.